The van der Waals surface area contributed by atoms with Gasteiger partial charge in [-0.15, -0.1) is 11.3 Å². The Morgan fingerprint density at radius 3 is 2.43 bits per heavy atom. The fourth-order valence-corrected chi connectivity index (χ4v) is 4.12. The Balaban J connectivity index is 3.05. The number of hydrogen-bond acceptors (Lipinski definition) is 3. The van der Waals surface area contributed by atoms with Gasteiger partial charge in [-0.25, -0.2) is 4.98 Å². The first-order chi connectivity index (χ1) is 10.4. The first-order valence-corrected chi connectivity index (χ1v) is 13.1. The van der Waals surface area contributed by atoms with Crippen LogP contribution in [0.15, 0.2) is 20.4 Å². The number of rotatable bonds is 6. The molecular formula is C17H27Br2NOSSi. The maximum atomic E-state index is 6.65. The Hall–Kier alpha value is 0.247. The van der Waals surface area contributed by atoms with Crippen molar-refractivity contribution in [2.45, 2.75) is 65.3 Å². The van der Waals surface area contributed by atoms with Crippen molar-refractivity contribution in [1.29, 1.82) is 0 Å². The molecule has 0 aliphatic carbocycles. The molecule has 23 heavy (non-hydrogen) atoms. The third-order valence-corrected chi connectivity index (χ3v) is 10.2. The summed E-state index contributed by atoms with van der Waals surface area (Å²) in [6.07, 6.45) is 5.17. The van der Waals surface area contributed by atoms with Gasteiger partial charge in [0.2, 0.25) is 0 Å². The van der Waals surface area contributed by atoms with E-state index in [2.05, 4.69) is 95.2 Å². The minimum atomic E-state index is -1.83. The van der Waals surface area contributed by atoms with Crippen molar-refractivity contribution in [2.75, 3.05) is 0 Å². The lowest BCUT2D eigenvalue weighted by molar-refractivity contribution is 0.217. The lowest BCUT2D eigenvalue weighted by atomic mass is 10.1. The van der Waals surface area contributed by atoms with E-state index in [0.29, 0.717) is 0 Å². The molecule has 6 heteroatoms. The first-order valence-electron chi connectivity index (χ1n) is 7.71. The molecule has 1 aromatic heterocycles. The molecule has 1 rings (SSSR count). The van der Waals surface area contributed by atoms with E-state index in [4.69, 9.17) is 4.43 Å². The van der Waals surface area contributed by atoms with Crippen LogP contribution in [0, 0.1) is 6.92 Å². The Bertz CT molecular complexity index is 584. The fraction of sp³-hybridized carbons (Fsp3) is 0.588. The third-order valence-electron chi connectivity index (χ3n) is 4.25. The van der Waals surface area contributed by atoms with Crippen molar-refractivity contribution in [3.63, 3.8) is 0 Å². The van der Waals surface area contributed by atoms with Gasteiger partial charge in [0.15, 0.2) is 8.32 Å². The summed E-state index contributed by atoms with van der Waals surface area (Å²) in [5, 5.41) is 3.38. The van der Waals surface area contributed by atoms with E-state index in [-0.39, 0.29) is 11.1 Å². The highest BCUT2D eigenvalue weighted by molar-refractivity contribution is 9.28. The number of aryl methyl sites for hydroxylation is 1. The van der Waals surface area contributed by atoms with Crippen LogP contribution >= 0.6 is 43.2 Å². The summed E-state index contributed by atoms with van der Waals surface area (Å²) in [6, 6.07) is 0. The number of nitrogens with zero attached hydrogens (tertiary/aromatic N) is 1. The normalized spacial score (nSPS) is 14.7. The molecule has 0 N–H and O–H groups in total. The molecule has 0 saturated carbocycles. The summed E-state index contributed by atoms with van der Waals surface area (Å²) < 4.78 is 7.62. The second-order valence-electron chi connectivity index (χ2n) is 7.28. The van der Waals surface area contributed by atoms with Crippen molar-refractivity contribution in [1.82, 2.24) is 4.98 Å². The van der Waals surface area contributed by atoms with Crippen LogP contribution in [0.4, 0.5) is 0 Å². The van der Waals surface area contributed by atoms with E-state index in [1.807, 2.05) is 6.92 Å². The summed E-state index contributed by atoms with van der Waals surface area (Å²) in [4.78, 5) is 4.54. The summed E-state index contributed by atoms with van der Waals surface area (Å²) in [5.74, 6) is 0. The van der Waals surface area contributed by atoms with Crippen LogP contribution in [0.25, 0.3) is 6.08 Å². The van der Waals surface area contributed by atoms with Crippen molar-refractivity contribution in [3.8, 4) is 0 Å². The van der Waals surface area contributed by atoms with Gasteiger partial charge in [0.25, 0.3) is 0 Å². The molecule has 1 aromatic rings. The van der Waals surface area contributed by atoms with Gasteiger partial charge in [-0.05, 0) is 81.9 Å². The predicted molar refractivity (Wildman–Crippen MR) is 113 cm³/mol. The zero-order chi connectivity index (χ0) is 17.8. The van der Waals surface area contributed by atoms with Crippen molar-refractivity contribution in [2.24, 2.45) is 0 Å². The SMILES string of the molecule is C/C(=C\c1csc(C)n1)[C@H](CC=C(Br)Br)O[Si](C)(C)C(C)(C)C. The number of halogens is 2. The largest absolute Gasteiger partial charge is 0.410 e. The molecule has 0 aliphatic heterocycles. The standard InChI is InChI=1S/C17H27Br2NOSSi/c1-12(10-14-11-22-13(2)20-14)15(8-9-16(18)19)21-23(6,7)17(3,4)5/h9-11,15H,8H2,1-7H3/b12-10+/t15-/m0/s1. The predicted octanol–water partition coefficient (Wildman–Crippen LogP) is 7.27. The highest BCUT2D eigenvalue weighted by atomic mass is 79.9. The third kappa shape index (κ3) is 6.94. The first kappa shape index (κ1) is 21.3. The van der Waals surface area contributed by atoms with Crippen LogP contribution in [-0.2, 0) is 4.43 Å². The highest BCUT2D eigenvalue weighted by Gasteiger charge is 2.39. The molecule has 1 atom stereocenters. The molecule has 0 amide bonds. The van der Waals surface area contributed by atoms with Gasteiger partial charge in [0.1, 0.15) is 0 Å². The van der Waals surface area contributed by atoms with Crippen molar-refractivity contribution >= 4 is 57.6 Å². The van der Waals surface area contributed by atoms with Crippen LogP contribution in [0.5, 0.6) is 0 Å². The maximum absolute atomic E-state index is 6.65. The molecule has 0 radical (unpaired) electrons. The average molecular weight is 481 g/mol. The average Bonchev–Trinajstić information content (AvgIpc) is 2.78. The van der Waals surface area contributed by atoms with Crippen molar-refractivity contribution in [3.05, 3.63) is 31.1 Å². The Labute approximate surface area is 162 Å². The van der Waals surface area contributed by atoms with Crippen LogP contribution in [0.3, 0.4) is 0 Å². The second kappa shape index (κ2) is 8.56. The number of aromatic nitrogens is 1. The Kier molecular flexibility index (Phi) is 7.93. The molecule has 2 nitrogen and oxygen atoms in total. The topological polar surface area (TPSA) is 22.1 Å². The Morgan fingerprint density at radius 2 is 2.00 bits per heavy atom. The lowest BCUT2D eigenvalue weighted by Crippen LogP contribution is -2.44. The molecule has 130 valence electrons. The van der Waals surface area contributed by atoms with E-state index >= 15 is 0 Å². The van der Waals surface area contributed by atoms with Gasteiger partial charge in [-0.1, -0.05) is 26.8 Å². The molecule has 0 bridgehead atoms. The summed E-state index contributed by atoms with van der Waals surface area (Å²) in [7, 11) is -1.83. The van der Waals surface area contributed by atoms with Gasteiger partial charge < -0.3 is 4.43 Å². The molecule has 0 aliphatic rings. The fourth-order valence-electron chi connectivity index (χ4n) is 1.83. The summed E-state index contributed by atoms with van der Waals surface area (Å²) in [5.41, 5.74) is 2.24. The van der Waals surface area contributed by atoms with Crippen LogP contribution < -0.4 is 0 Å². The van der Waals surface area contributed by atoms with E-state index in [1.165, 1.54) is 5.57 Å². The zero-order valence-electron chi connectivity index (χ0n) is 15.0. The molecule has 0 saturated heterocycles. The lowest BCUT2D eigenvalue weighted by Gasteiger charge is -2.39. The van der Waals surface area contributed by atoms with E-state index in [0.717, 1.165) is 20.5 Å². The van der Waals surface area contributed by atoms with Gasteiger partial charge in [0.05, 0.1) is 20.2 Å². The summed E-state index contributed by atoms with van der Waals surface area (Å²) in [6.45, 7) is 15.6. The number of hydrogen-bond donors (Lipinski definition) is 0. The van der Waals surface area contributed by atoms with Gasteiger partial charge in [-0.3, -0.25) is 0 Å². The minimum absolute atomic E-state index is 0.0722. The quantitative estimate of drug-likeness (QED) is 0.399. The van der Waals surface area contributed by atoms with E-state index in [9.17, 15) is 0 Å². The molecule has 0 unspecified atom stereocenters. The van der Waals surface area contributed by atoms with Gasteiger partial charge >= 0.3 is 0 Å². The van der Waals surface area contributed by atoms with Crippen molar-refractivity contribution < 1.29 is 4.43 Å². The molecule has 0 fully saturated rings. The number of thiazole rings is 1. The van der Waals surface area contributed by atoms with Crippen LogP contribution in [0.1, 0.15) is 44.8 Å². The van der Waals surface area contributed by atoms with Crippen LogP contribution in [-0.4, -0.2) is 19.4 Å². The zero-order valence-corrected chi connectivity index (χ0v) is 20.0. The van der Waals surface area contributed by atoms with Crippen LogP contribution in [0.2, 0.25) is 18.1 Å². The van der Waals surface area contributed by atoms with Gasteiger partial charge in [-0.2, -0.15) is 0 Å². The monoisotopic (exact) mass is 479 g/mol. The second-order valence-corrected chi connectivity index (χ2v) is 15.9. The minimum Gasteiger partial charge on any atom is -0.410 e. The Morgan fingerprint density at radius 1 is 1.39 bits per heavy atom. The molecule has 0 aromatic carbocycles. The van der Waals surface area contributed by atoms with Gasteiger partial charge in [0, 0.05) is 5.38 Å². The maximum Gasteiger partial charge on any atom is 0.192 e. The smallest absolute Gasteiger partial charge is 0.192 e. The molecule has 1 heterocycles. The molecule has 0 spiro atoms. The molecular weight excluding hydrogens is 454 g/mol. The van der Waals surface area contributed by atoms with E-state index < -0.39 is 8.32 Å². The summed E-state index contributed by atoms with van der Waals surface area (Å²) >= 11 is 8.57. The van der Waals surface area contributed by atoms with E-state index in [1.54, 1.807) is 11.3 Å². The highest BCUT2D eigenvalue weighted by Crippen LogP contribution is 2.38.